The SMILES string of the molecule is NCCCCNC(=O)C(Cc1ccc2ccccc2c1)NC(=O)C(Cc1ccc2ccccc2c1)NC(=O)C(Cc1ccccc1)NC(=O)CCCCN. The average Bonchev–Trinajstić information content (AvgIpc) is 3.19. The van der Waals surface area contributed by atoms with Crippen molar-refractivity contribution in [1.29, 1.82) is 0 Å². The van der Waals surface area contributed by atoms with E-state index in [0.29, 0.717) is 38.9 Å². The van der Waals surface area contributed by atoms with Gasteiger partial charge in [0.15, 0.2) is 0 Å². The van der Waals surface area contributed by atoms with Crippen LogP contribution in [-0.4, -0.2) is 61.4 Å². The molecule has 0 fully saturated rings. The number of unbranched alkanes of at least 4 members (excludes halogenated alkanes) is 2. The molecule has 0 saturated heterocycles. The lowest BCUT2D eigenvalue weighted by molar-refractivity contribution is -0.133. The Kier molecular flexibility index (Phi) is 15.1. The van der Waals surface area contributed by atoms with Gasteiger partial charge in [0.25, 0.3) is 0 Å². The maximum Gasteiger partial charge on any atom is 0.243 e. The average molecular weight is 729 g/mol. The second-order valence-corrected chi connectivity index (χ2v) is 13.7. The van der Waals surface area contributed by atoms with E-state index in [4.69, 9.17) is 11.5 Å². The maximum absolute atomic E-state index is 14.4. The molecule has 3 atom stereocenters. The van der Waals surface area contributed by atoms with Crippen LogP contribution < -0.4 is 32.7 Å². The molecule has 0 saturated carbocycles. The van der Waals surface area contributed by atoms with Crippen molar-refractivity contribution in [2.24, 2.45) is 11.5 Å². The zero-order valence-corrected chi connectivity index (χ0v) is 30.8. The maximum atomic E-state index is 14.4. The molecule has 5 aromatic carbocycles. The summed E-state index contributed by atoms with van der Waals surface area (Å²) in [7, 11) is 0. The molecule has 0 aliphatic carbocycles. The molecule has 0 aliphatic rings. The zero-order chi connectivity index (χ0) is 38.1. The molecule has 0 heterocycles. The van der Waals surface area contributed by atoms with Crippen LogP contribution in [0.2, 0.25) is 0 Å². The van der Waals surface area contributed by atoms with Gasteiger partial charge in [-0.1, -0.05) is 115 Å². The Hall–Kier alpha value is -5.58. The fourth-order valence-corrected chi connectivity index (χ4v) is 6.53. The minimum Gasteiger partial charge on any atom is -0.354 e. The van der Waals surface area contributed by atoms with E-state index in [0.717, 1.165) is 44.7 Å². The van der Waals surface area contributed by atoms with Crippen LogP contribution in [0.5, 0.6) is 0 Å². The van der Waals surface area contributed by atoms with Gasteiger partial charge in [-0.05, 0) is 77.0 Å². The molecule has 5 aromatic rings. The molecule has 4 amide bonds. The highest BCUT2D eigenvalue weighted by molar-refractivity contribution is 5.95. The first kappa shape index (κ1) is 39.6. The number of fused-ring (bicyclic) bond motifs is 2. The van der Waals surface area contributed by atoms with Gasteiger partial charge in [0, 0.05) is 32.2 Å². The third-order valence-corrected chi connectivity index (χ3v) is 9.50. The fraction of sp³-hybridized carbons (Fsp3) is 0.318. The number of hydrogen-bond donors (Lipinski definition) is 6. The topological polar surface area (TPSA) is 168 Å². The molecular formula is C44H52N6O4. The normalized spacial score (nSPS) is 12.8. The molecule has 10 nitrogen and oxygen atoms in total. The first-order valence-electron chi connectivity index (χ1n) is 18.9. The van der Waals surface area contributed by atoms with Gasteiger partial charge in [0.1, 0.15) is 18.1 Å². The van der Waals surface area contributed by atoms with Gasteiger partial charge in [0.05, 0.1) is 0 Å². The molecule has 8 N–H and O–H groups in total. The van der Waals surface area contributed by atoms with E-state index in [1.807, 2.05) is 115 Å². The van der Waals surface area contributed by atoms with E-state index in [1.165, 1.54) is 0 Å². The van der Waals surface area contributed by atoms with Crippen molar-refractivity contribution in [3.8, 4) is 0 Å². The molecular weight excluding hydrogens is 677 g/mol. The minimum atomic E-state index is -1.06. The molecule has 0 aromatic heterocycles. The number of rotatable bonds is 20. The van der Waals surface area contributed by atoms with E-state index >= 15 is 0 Å². The summed E-state index contributed by atoms with van der Waals surface area (Å²) in [5.74, 6) is -1.59. The largest absolute Gasteiger partial charge is 0.354 e. The van der Waals surface area contributed by atoms with E-state index in [2.05, 4.69) is 21.3 Å². The van der Waals surface area contributed by atoms with E-state index in [1.54, 1.807) is 0 Å². The highest BCUT2D eigenvalue weighted by atomic mass is 16.2. The smallest absolute Gasteiger partial charge is 0.243 e. The van der Waals surface area contributed by atoms with Crippen LogP contribution in [0, 0.1) is 0 Å². The van der Waals surface area contributed by atoms with E-state index in [-0.39, 0.29) is 37.5 Å². The fourth-order valence-electron chi connectivity index (χ4n) is 6.53. The summed E-state index contributed by atoms with van der Waals surface area (Å²) in [6, 6.07) is 34.3. The number of carbonyl (C=O) groups excluding carboxylic acids is 4. The quantitative estimate of drug-likeness (QED) is 0.0648. The van der Waals surface area contributed by atoms with Crippen molar-refractivity contribution in [1.82, 2.24) is 21.3 Å². The predicted octanol–water partition coefficient (Wildman–Crippen LogP) is 4.46. The number of nitrogens with one attached hydrogen (secondary N) is 4. The lowest BCUT2D eigenvalue weighted by Crippen LogP contribution is -2.58. The molecule has 0 aliphatic heterocycles. The Balaban J connectivity index is 1.42. The van der Waals surface area contributed by atoms with Gasteiger partial charge in [0.2, 0.25) is 23.6 Å². The van der Waals surface area contributed by atoms with Crippen molar-refractivity contribution < 1.29 is 19.2 Å². The van der Waals surface area contributed by atoms with Gasteiger partial charge < -0.3 is 32.7 Å². The monoisotopic (exact) mass is 728 g/mol. The van der Waals surface area contributed by atoms with Crippen molar-refractivity contribution in [2.75, 3.05) is 19.6 Å². The Morgan fingerprint density at radius 2 is 0.926 bits per heavy atom. The highest BCUT2D eigenvalue weighted by Gasteiger charge is 2.30. The van der Waals surface area contributed by atoms with Crippen molar-refractivity contribution in [3.63, 3.8) is 0 Å². The summed E-state index contributed by atoms with van der Waals surface area (Å²) in [5.41, 5.74) is 13.9. The second kappa shape index (κ2) is 20.6. The highest BCUT2D eigenvalue weighted by Crippen LogP contribution is 2.19. The lowest BCUT2D eigenvalue weighted by atomic mass is 9.98. The van der Waals surface area contributed by atoms with Crippen LogP contribution in [0.4, 0.5) is 0 Å². The molecule has 0 spiro atoms. The molecule has 282 valence electrons. The Bertz CT molecular complexity index is 2000. The number of nitrogens with two attached hydrogens (primary N) is 2. The second-order valence-electron chi connectivity index (χ2n) is 13.7. The van der Waals surface area contributed by atoms with Gasteiger partial charge >= 0.3 is 0 Å². The molecule has 3 unspecified atom stereocenters. The third-order valence-electron chi connectivity index (χ3n) is 9.50. The summed E-state index contributed by atoms with van der Waals surface area (Å²) in [5, 5.41) is 16.0. The van der Waals surface area contributed by atoms with Gasteiger partial charge in [-0.25, -0.2) is 0 Å². The van der Waals surface area contributed by atoms with Crippen molar-refractivity contribution >= 4 is 45.2 Å². The predicted molar refractivity (Wildman–Crippen MR) is 215 cm³/mol. The number of carbonyl (C=O) groups is 4. The summed E-state index contributed by atoms with van der Waals surface area (Å²) < 4.78 is 0. The van der Waals surface area contributed by atoms with Crippen LogP contribution >= 0.6 is 0 Å². The minimum absolute atomic E-state index is 0.158. The first-order chi connectivity index (χ1) is 26.3. The molecule has 0 radical (unpaired) electrons. The molecule has 5 rings (SSSR count). The first-order valence-corrected chi connectivity index (χ1v) is 18.9. The Morgan fingerprint density at radius 3 is 1.48 bits per heavy atom. The summed E-state index contributed by atoms with van der Waals surface area (Å²) in [6.07, 6.45) is 3.62. The van der Waals surface area contributed by atoms with E-state index in [9.17, 15) is 19.2 Å². The van der Waals surface area contributed by atoms with Crippen LogP contribution in [-0.2, 0) is 38.4 Å². The van der Waals surface area contributed by atoms with Crippen LogP contribution in [0.1, 0.15) is 48.8 Å². The summed E-state index contributed by atoms with van der Waals surface area (Å²) >= 11 is 0. The molecule has 0 bridgehead atoms. The number of hydrogen-bond acceptors (Lipinski definition) is 6. The van der Waals surface area contributed by atoms with Crippen molar-refractivity contribution in [3.05, 3.63) is 132 Å². The number of amides is 4. The van der Waals surface area contributed by atoms with Crippen LogP contribution in [0.15, 0.2) is 115 Å². The number of benzene rings is 5. The van der Waals surface area contributed by atoms with Crippen LogP contribution in [0.25, 0.3) is 21.5 Å². The molecule has 54 heavy (non-hydrogen) atoms. The van der Waals surface area contributed by atoms with Gasteiger partial charge in [-0.2, -0.15) is 0 Å². The third kappa shape index (κ3) is 12.0. The van der Waals surface area contributed by atoms with E-state index < -0.39 is 29.9 Å². The zero-order valence-electron chi connectivity index (χ0n) is 30.8. The van der Waals surface area contributed by atoms with Gasteiger partial charge in [-0.15, -0.1) is 0 Å². The summed E-state index contributed by atoms with van der Waals surface area (Å²) in [4.78, 5) is 55.2. The van der Waals surface area contributed by atoms with Crippen LogP contribution in [0.3, 0.4) is 0 Å². The van der Waals surface area contributed by atoms with Gasteiger partial charge in [-0.3, -0.25) is 19.2 Å². The van der Waals surface area contributed by atoms with Crippen molar-refractivity contribution in [2.45, 2.75) is 69.5 Å². The molecule has 10 heteroatoms. The summed E-state index contributed by atoms with van der Waals surface area (Å²) in [6.45, 7) is 1.41. The Labute approximate surface area is 317 Å². The standard InChI is InChI=1S/C44H52N6O4/c45-23-9-8-18-41(51)48-39(28-31-12-2-1-3-13-31)43(53)50-40(30-33-20-22-35-15-5-7-17-37(35)27-33)44(54)49-38(42(52)47-25-11-10-24-46)29-32-19-21-34-14-4-6-16-36(34)26-32/h1-7,12-17,19-22,26-27,38-40H,8-11,18,23-25,28-30,45-46H2,(H,47,52)(H,48,51)(H,49,54)(H,50,53). The Morgan fingerprint density at radius 1 is 0.463 bits per heavy atom. The lowest BCUT2D eigenvalue weighted by Gasteiger charge is -2.26.